The van der Waals surface area contributed by atoms with E-state index < -0.39 is 29.9 Å². The molecule has 1 atom stereocenters. The number of urea groups is 1. The summed E-state index contributed by atoms with van der Waals surface area (Å²) >= 11 is 0. The van der Waals surface area contributed by atoms with E-state index in [1.54, 1.807) is 0 Å². The van der Waals surface area contributed by atoms with Crippen molar-refractivity contribution in [3.05, 3.63) is 0 Å². The number of carboxylic acids is 1. The molecule has 26 heavy (non-hydrogen) atoms. The van der Waals surface area contributed by atoms with Gasteiger partial charge in [-0.3, -0.25) is 9.59 Å². The number of nitrogens with one attached hydrogen (secondary N) is 4. The third-order valence-corrected chi connectivity index (χ3v) is 4.14. The number of carboxylic acid groups (broad SMARTS) is 1. The van der Waals surface area contributed by atoms with Crippen molar-refractivity contribution in [1.82, 2.24) is 21.3 Å². The van der Waals surface area contributed by atoms with Crippen LogP contribution in [0.25, 0.3) is 0 Å². The van der Waals surface area contributed by atoms with Crippen LogP contribution in [0, 0.1) is 5.92 Å². The van der Waals surface area contributed by atoms with Crippen molar-refractivity contribution in [1.29, 1.82) is 0 Å². The predicted molar refractivity (Wildman–Crippen MR) is 95.4 cm³/mol. The lowest BCUT2D eigenvalue weighted by Gasteiger charge is -2.22. The molecule has 4 amide bonds. The highest BCUT2D eigenvalue weighted by Gasteiger charge is 2.21. The second kappa shape index (κ2) is 11.3. The summed E-state index contributed by atoms with van der Waals surface area (Å²) in [6.45, 7) is 3.12. The van der Waals surface area contributed by atoms with E-state index >= 15 is 0 Å². The molecule has 1 aliphatic rings. The predicted octanol–water partition coefficient (Wildman–Crippen LogP) is 0.350. The van der Waals surface area contributed by atoms with Crippen LogP contribution in [0.4, 0.5) is 4.79 Å². The first-order valence-electron chi connectivity index (χ1n) is 9.11. The van der Waals surface area contributed by atoms with E-state index in [0.29, 0.717) is 6.42 Å². The summed E-state index contributed by atoms with van der Waals surface area (Å²) in [5.41, 5.74) is 0. The highest BCUT2D eigenvalue weighted by molar-refractivity contribution is 5.89. The summed E-state index contributed by atoms with van der Waals surface area (Å²) in [5, 5.41) is 19.1. The smallest absolute Gasteiger partial charge is 0.326 e. The molecular formula is C17H30N4O5. The van der Waals surface area contributed by atoms with Crippen molar-refractivity contribution in [2.75, 3.05) is 13.1 Å². The highest BCUT2D eigenvalue weighted by atomic mass is 16.4. The Morgan fingerprint density at radius 2 is 1.58 bits per heavy atom. The minimum absolute atomic E-state index is 0.109. The van der Waals surface area contributed by atoms with Gasteiger partial charge in [-0.15, -0.1) is 0 Å². The topological polar surface area (TPSA) is 137 Å². The number of carbonyl (C=O) groups is 4. The molecule has 0 spiro atoms. The maximum absolute atomic E-state index is 11.8. The molecule has 1 aliphatic carbocycles. The number of rotatable bonds is 9. The van der Waals surface area contributed by atoms with Crippen molar-refractivity contribution in [3.63, 3.8) is 0 Å². The van der Waals surface area contributed by atoms with E-state index in [1.165, 1.54) is 6.42 Å². The molecule has 148 valence electrons. The Balaban J connectivity index is 2.22. The lowest BCUT2D eigenvalue weighted by atomic mass is 9.96. The van der Waals surface area contributed by atoms with Crippen LogP contribution in [0.2, 0.25) is 0 Å². The Morgan fingerprint density at radius 1 is 0.962 bits per heavy atom. The Kier molecular flexibility index (Phi) is 9.46. The van der Waals surface area contributed by atoms with Crippen molar-refractivity contribution >= 4 is 23.8 Å². The van der Waals surface area contributed by atoms with Crippen LogP contribution in [0.3, 0.4) is 0 Å². The Hall–Kier alpha value is -2.32. The first-order valence-corrected chi connectivity index (χ1v) is 9.11. The molecule has 0 heterocycles. The van der Waals surface area contributed by atoms with Gasteiger partial charge in [-0.2, -0.15) is 0 Å². The molecule has 0 bridgehead atoms. The third-order valence-electron chi connectivity index (χ3n) is 4.14. The normalized spacial score (nSPS) is 15.8. The largest absolute Gasteiger partial charge is 0.480 e. The summed E-state index contributed by atoms with van der Waals surface area (Å²) in [6.07, 6.45) is 5.56. The summed E-state index contributed by atoms with van der Waals surface area (Å²) in [5.74, 6) is -2.11. The third kappa shape index (κ3) is 9.24. The molecule has 1 fully saturated rings. The van der Waals surface area contributed by atoms with Gasteiger partial charge in [-0.05, 0) is 25.2 Å². The van der Waals surface area contributed by atoms with E-state index in [4.69, 9.17) is 5.11 Å². The Morgan fingerprint density at radius 3 is 2.15 bits per heavy atom. The zero-order chi connectivity index (χ0) is 19.5. The van der Waals surface area contributed by atoms with Gasteiger partial charge in [0.25, 0.3) is 0 Å². The first-order chi connectivity index (χ1) is 12.3. The van der Waals surface area contributed by atoms with Gasteiger partial charge >= 0.3 is 12.0 Å². The van der Waals surface area contributed by atoms with Gasteiger partial charge in [0.15, 0.2) is 0 Å². The molecule has 9 heteroatoms. The molecule has 5 N–H and O–H groups in total. The molecule has 0 aromatic carbocycles. The van der Waals surface area contributed by atoms with E-state index in [0.717, 1.165) is 25.7 Å². The van der Waals surface area contributed by atoms with Gasteiger partial charge in [0, 0.05) is 6.04 Å². The van der Waals surface area contributed by atoms with E-state index in [1.807, 2.05) is 13.8 Å². The number of carbonyl (C=O) groups excluding carboxylic acids is 3. The van der Waals surface area contributed by atoms with E-state index in [9.17, 15) is 19.2 Å². The van der Waals surface area contributed by atoms with Gasteiger partial charge in [0.2, 0.25) is 11.8 Å². The van der Waals surface area contributed by atoms with Crippen LogP contribution >= 0.6 is 0 Å². The standard InChI is InChI=1S/C17H30N4O5/c1-11(2)8-13(16(24)25)21-15(23)10-18-14(22)9-19-17(26)20-12-6-4-3-5-7-12/h11-13H,3-10H2,1-2H3,(H,18,22)(H,21,23)(H,24,25)(H2,19,20,26)/t13-/m0/s1. The molecule has 1 rings (SSSR count). The van der Waals surface area contributed by atoms with Crippen molar-refractivity contribution in [3.8, 4) is 0 Å². The Bertz CT molecular complexity index is 503. The molecule has 0 aromatic rings. The zero-order valence-corrected chi connectivity index (χ0v) is 15.5. The molecule has 0 aliphatic heterocycles. The second-order valence-corrected chi connectivity index (χ2v) is 7.03. The number of hydrogen-bond donors (Lipinski definition) is 5. The fourth-order valence-corrected chi connectivity index (χ4v) is 2.82. The van der Waals surface area contributed by atoms with Gasteiger partial charge in [-0.1, -0.05) is 33.1 Å². The van der Waals surface area contributed by atoms with E-state index in [-0.39, 0.29) is 25.0 Å². The van der Waals surface area contributed by atoms with Crippen LogP contribution in [-0.4, -0.2) is 54.1 Å². The molecule has 9 nitrogen and oxygen atoms in total. The van der Waals surface area contributed by atoms with Gasteiger partial charge < -0.3 is 26.4 Å². The lowest BCUT2D eigenvalue weighted by Crippen LogP contribution is -2.49. The van der Waals surface area contributed by atoms with Crippen LogP contribution in [0.5, 0.6) is 0 Å². The molecule has 1 saturated carbocycles. The minimum atomic E-state index is -1.11. The second-order valence-electron chi connectivity index (χ2n) is 7.03. The summed E-state index contributed by atoms with van der Waals surface area (Å²) in [7, 11) is 0. The molecule has 0 aromatic heterocycles. The molecule has 0 radical (unpaired) electrons. The van der Waals surface area contributed by atoms with Gasteiger partial charge in [0.1, 0.15) is 6.04 Å². The van der Waals surface area contributed by atoms with Crippen molar-refractivity contribution in [2.24, 2.45) is 5.92 Å². The average molecular weight is 370 g/mol. The summed E-state index contributed by atoms with van der Waals surface area (Å²) in [6, 6.07) is -1.25. The van der Waals surface area contributed by atoms with Crippen LogP contribution < -0.4 is 21.3 Å². The number of amides is 4. The number of aliphatic carboxylic acids is 1. The zero-order valence-electron chi connectivity index (χ0n) is 15.5. The van der Waals surface area contributed by atoms with Gasteiger partial charge in [0.05, 0.1) is 13.1 Å². The fraction of sp³-hybridized carbons (Fsp3) is 0.765. The first kappa shape index (κ1) is 21.7. The Labute approximate surface area is 153 Å². The van der Waals surface area contributed by atoms with Crippen LogP contribution in [0.15, 0.2) is 0 Å². The van der Waals surface area contributed by atoms with Crippen molar-refractivity contribution < 1.29 is 24.3 Å². The maximum atomic E-state index is 11.8. The fourth-order valence-electron chi connectivity index (χ4n) is 2.82. The number of hydrogen-bond acceptors (Lipinski definition) is 4. The lowest BCUT2D eigenvalue weighted by molar-refractivity contribution is -0.142. The minimum Gasteiger partial charge on any atom is -0.480 e. The molecular weight excluding hydrogens is 340 g/mol. The SMILES string of the molecule is CC(C)C[C@H](NC(=O)CNC(=O)CNC(=O)NC1CCCCC1)C(=O)O. The molecule has 0 unspecified atom stereocenters. The monoisotopic (exact) mass is 370 g/mol. The summed E-state index contributed by atoms with van der Waals surface area (Å²) in [4.78, 5) is 46.3. The van der Waals surface area contributed by atoms with Crippen LogP contribution in [0.1, 0.15) is 52.4 Å². The van der Waals surface area contributed by atoms with Crippen LogP contribution in [-0.2, 0) is 14.4 Å². The maximum Gasteiger partial charge on any atom is 0.326 e. The average Bonchev–Trinajstić information content (AvgIpc) is 2.58. The van der Waals surface area contributed by atoms with Crippen molar-refractivity contribution in [2.45, 2.75) is 64.5 Å². The quantitative estimate of drug-likeness (QED) is 0.399. The van der Waals surface area contributed by atoms with E-state index in [2.05, 4.69) is 21.3 Å². The van der Waals surface area contributed by atoms with Gasteiger partial charge in [-0.25, -0.2) is 9.59 Å². The summed E-state index contributed by atoms with van der Waals surface area (Å²) < 4.78 is 0. The molecule has 0 saturated heterocycles. The highest BCUT2D eigenvalue weighted by Crippen LogP contribution is 2.17.